The third kappa shape index (κ3) is 3.51. The minimum atomic E-state index is -0.720. The number of carbonyl (C=O) groups excluding carboxylic acids is 1. The summed E-state index contributed by atoms with van der Waals surface area (Å²) in [6.07, 6.45) is -0.720. The van der Waals surface area contributed by atoms with E-state index in [4.69, 9.17) is 0 Å². The van der Waals surface area contributed by atoms with Crippen molar-refractivity contribution in [2.45, 2.75) is 26.9 Å². The molecular weight excluding hydrogens is 287 g/mol. The molecule has 0 spiro atoms. The molecule has 118 valence electrons. The van der Waals surface area contributed by atoms with Gasteiger partial charge < -0.3 is 15.4 Å². The van der Waals surface area contributed by atoms with Crippen molar-refractivity contribution in [1.82, 2.24) is 10.3 Å². The van der Waals surface area contributed by atoms with Gasteiger partial charge in [-0.2, -0.15) is 0 Å². The standard InChI is InChI=1S/C16H19FN2O3/c1-16(2,3)13(20)8-18-15(22)11-7-14(21)19-12-6-9(17)4-5-10(11)12/h4-7,13,20H,8H2,1-3H3,(H,18,22)(H,19,21). The summed E-state index contributed by atoms with van der Waals surface area (Å²) in [6.45, 7) is 5.64. The van der Waals surface area contributed by atoms with Crippen LogP contribution in [0.5, 0.6) is 0 Å². The van der Waals surface area contributed by atoms with Gasteiger partial charge in [-0.1, -0.05) is 20.8 Å². The number of hydrogen-bond acceptors (Lipinski definition) is 3. The minimum Gasteiger partial charge on any atom is -0.391 e. The Morgan fingerprint density at radius 1 is 1.36 bits per heavy atom. The maximum absolute atomic E-state index is 13.2. The van der Waals surface area contributed by atoms with Crippen LogP contribution in [-0.4, -0.2) is 28.6 Å². The maximum atomic E-state index is 13.2. The Morgan fingerprint density at radius 3 is 2.68 bits per heavy atom. The molecule has 0 saturated heterocycles. The predicted octanol–water partition coefficient (Wildman–Crippen LogP) is 1.80. The van der Waals surface area contributed by atoms with Gasteiger partial charge in [0.05, 0.1) is 17.2 Å². The fourth-order valence-electron chi connectivity index (χ4n) is 2.01. The summed E-state index contributed by atoms with van der Waals surface area (Å²) < 4.78 is 13.2. The number of aromatic nitrogens is 1. The quantitative estimate of drug-likeness (QED) is 0.809. The van der Waals surface area contributed by atoms with Gasteiger partial charge >= 0.3 is 0 Å². The highest BCUT2D eigenvalue weighted by Gasteiger charge is 2.23. The van der Waals surface area contributed by atoms with Crippen LogP contribution in [0.15, 0.2) is 29.1 Å². The number of benzene rings is 1. The van der Waals surface area contributed by atoms with E-state index < -0.39 is 23.4 Å². The zero-order chi connectivity index (χ0) is 16.5. The number of fused-ring (bicyclic) bond motifs is 1. The van der Waals surface area contributed by atoms with E-state index in [2.05, 4.69) is 10.3 Å². The van der Waals surface area contributed by atoms with Crippen molar-refractivity contribution >= 4 is 16.8 Å². The molecule has 0 saturated carbocycles. The monoisotopic (exact) mass is 306 g/mol. The van der Waals surface area contributed by atoms with E-state index in [9.17, 15) is 19.1 Å². The van der Waals surface area contributed by atoms with Crippen LogP contribution in [0.4, 0.5) is 4.39 Å². The molecule has 0 radical (unpaired) electrons. The second-order valence-corrected chi connectivity index (χ2v) is 6.33. The van der Waals surface area contributed by atoms with Gasteiger partial charge in [-0.15, -0.1) is 0 Å². The molecule has 6 heteroatoms. The number of hydrogen-bond donors (Lipinski definition) is 3. The number of pyridine rings is 1. The second-order valence-electron chi connectivity index (χ2n) is 6.33. The molecule has 5 nitrogen and oxygen atoms in total. The fraction of sp³-hybridized carbons (Fsp3) is 0.375. The average molecular weight is 306 g/mol. The molecule has 0 aliphatic heterocycles. The molecular formula is C16H19FN2O3. The first-order chi connectivity index (χ1) is 10.2. The van der Waals surface area contributed by atoms with Crippen molar-refractivity contribution in [3.8, 4) is 0 Å². The Morgan fingerprint density at radius 2 is 2.05 bits per heavy atom. The molecule has 0 bridgehead atoms. The lowest BCUT2D eigenvalue weighted by Gasteiger charge is -2.25. The number of aliphatic hydroxyl groups is 1. The van der Waals surface area contributed by atoms with Crippen LogP contribution in [0, 0.1) is 11.2 Å². The average Bonchev–Trinajstić information content (AvgIpc) is 2.41. The summed E-state index contributed by atoms with van der Waals surface area (Å²) in [6, 6.07) is 4.99. The lowest BCUT2D eigenvalue weighted by molar-refractivity contribution is 0.0587. The zero-order valence-corrected chi connectivity index (χ0v) is 12.7. The third-order valence-corrected chi connectivity index (χ3v) is 3.51. The van der Waals surface area contributed by atoms with Crippen LogP contribution < -0.4 is 10.9 Å². The lowest BCUT2D eigenvalue weighted by Crippen LogP contribution is -2.39. The van der Waals surface area contributed by atoms with E-state index in [1.165, 1.54) is 18.2 Å². The van der Waals surface area contributed by atoms with Gasteiger partial charge in [-0.05, 0) is 23.6 Å². The Labute approximate surface area is 127 Å². The predicted molar refractivity (Wildman–Crippen MR) is 82.3 cm³/mol. The van der Waals surface area contributed by atoms with Crippen molar-refractivity contribution in [3.63, 3.8) is 0 Å². The van der Waals surface area contributed by atoms with Crippen LogP contribution in [-0.2, 0) is 0 Å². The van der Waals surface area contributed by atoms with Crippen molar-refractivity contribution in [3.05, 3.63) is 46.0 Å². The SMILES string of the molecule is CC(C)(C)C(O)CNC(=O)c1cc(=O)[nH]c2cc(F)ccc12. The van der Waals surface area contributed by atoms with Gasteiger partial charge in [0, 0.05) is 18.0 Å². The molecule has 0 aliphatic rings. The first-order valence-electron chi connectivity index (χ1n) is 6.97. The van der Waals surface area contributed by atoms with E-state index in [-0.39, 0.29) is 23.0 Å². The first kappa shape index (κ1) is 16.2. The second kappa shape index (κ2) is 5.88. The van der Waals surface area contributed by atoms with Crippen molar-refractivity contribution in [2.24, 2.45) is 5.41 Å². The molecule has 1 aromatic carbocycles. The molecule has 1 heterocycles. The van der Waals surface area contributed by atoms with Crippen LogP contribution in [0.1, 0.15) is 31.1 Å². The molecule has 1 atom stereocenters. The zero-order valence-electron chi connectivity index (χ0n) is 12.7. The van der Waals surface area contributed by atoms with Crippen molar-refractivity contribution < 1.29 is 14.3 Å². The molecule has 2 rings (SSSR count). The molecule has 1 aromatic heterocycles. The number of carbonyl (C=O) groups is 1. The highest BCUT2D eigenvalue weighted by atomic mass is 19.1. The topological polar surface area (TPSA) is 82.2 Å². The minimum absolute atomic E-state index is 0.0673. The first-order valence-corrected chi connectivity index (χ1v) is 6.97. The van der Waals surface area contributed by atoms with E-state index in [0.717, 1.165) is 6.07 Å². The Balaban J connectivity index is 2.30. The van der Waals surface area contributed by atoms with Gasteiger partial charge in [0.15, 0.2) is 0 Å². The summed E-state index contributed by atoms with van der Waals surface area (Å²) in [5, 5.41) is 13.0. The van der Waals surface area contributed by atoms with Gasteiger partial charge in [0.2, 0.25) is 5.56 Å². The van der Waals surface area contributed by atoms with E-state index in [1.54, 1.807) is 0 Å². The Hall–Kier alpha value is -2.21. The molecule has 0 aliphatic carbocycles. The third-order valence-electron chi connectivity index (χ3n) is 3.51. The van der Waals surface area contributed by atoms with E-state index in [1.807, 2.05) is 20.8 Å². The van der Waals surface area contributed by atoms with E-state index >= 15 is 0 Å². The summed E-state index contributed by atoms with van der Waals surface area (Å²) in [7, 11) is 0. The van der Waals surface area contributed by atoms with Crippen LogP contribution >= 0.6 is 0 Å². The molecule has 0 fully saturated rings. The van der Waals surface area contributed by atoms with Crippen molar-refractivity contribution in [1.29, 1.82) is 0 Å². The number of amides is 1. The van der Waals surface area contributed by atoms with Gasteiger partial charge in [-0.25, -0.2) is 4.39 Å². The molecule has 1 unspecified atom stereocenters. The smallest absolute Gasteiger partial charge is 0.252 e. The number of H-pyrrole nitrogens is 1. The fourth-order valence-corrected chi connectivity index (χ4v) is 2.01. The van der Waals surface area contributed by atoms with Crippen LogP contribution in [0.2, 0.25) is 0 Å². The van der Waals surface area contributed by atoms with Crippen LogP contribution in [0.3, 0.4) is 0 Å². The Kier molecular flexibility index (Phi) is 4.32. The number of halogens is 1. The summed E-state index contributed by atoms with van der Waals surface area (Å²) in [5.74, 6) is -0.977. The number of aliphatic hydroxyl groups excluding tert-OH is 1. The highest BCUT2D eigenvalue weighted by molar-refractivity contribution is 6.05. The number of rotatable bonds is 3. The molecule has 1 amide bonds. The number of nitrogens with one attached hydrogen (secondary N) is 2. The van der Waals surface area contributed by atoms with Gasteiger partial charge in [0.25, 0.3) is 5.91 Å². The molecule has 3 N–H and O–H groups in total. The summed E-state index contributed by atoms with van der Waals surface area (Å²) >= 11 is 0. The molecule has 2 aromatic rings. The normalized spacial score (nSPS) is 13.1. The maximum Gasteiger partial charge on any atom is 0.252 e. The van der Waals surface area contributed by atoms with Gasteiger partial charge in [-0.3, -0.25) is 9.59 Å². The summed E-state index contributed by atoms with van der Waals surface area (Å²) in [4.78, 5) is 26.4. The number of aromatic amines is 1. The Bertz CT molecular complexity index is 762. The van der Waals surface area contributed by atoms with Crippen molar-refractivity contribution in [2.75, 3.05) is 6.54 Å². The lowest BCUT2D eigenvalue weighted by atomic mass is 9.89. The van der Waals surface area contributed by atoms with Crippen LogP contribution in [0.25, 0.3) is 10.9 Å². The van der Waals surface area contributed by atoms with E-state index in [0.29, 0.717) is 5.39 Å². The highest BCUT2D eigenvalue weighted by Crippen LogP contribution is 2.19. The molecule has 22 heavy (non-hydrogen) atoms. The summed E-state index contributed by atoms with van der Waals surface area (Å²) in [5.41, 5.74) is -0.444. The van der Waals surface area contributed by atoms with Gasteiger partial charge in [0.1, 0.15) is 5.82 Å². The largest absolute Gasteiger partial charge is 0.391 e.